The molecule has 0 saturated carbocycles. The summed E-state index contributed by atoms with van der Waals surface area (Å²) in [6, 6.07) is 0. The van der Waals surface area contributed by atoms with Crippen LogP contribution in [0.4, 0.5) is 0 Å². The zero-order valence-electron chi connectivity index (χ0n) is 8.57. The van der Waals surface area contributed by atoms with E-state index < -0.39 is 0 Å². The minimum atomic E-state index is 0.0743. The van der Waals surface area contributed by atoms with Gasteiger partial charge >= 0.3 is 0 Å². The van der Waals surface area contributed by atoms with Crippen molar-refractivity contribution < 1.29 is 0 Å². The second-order valence-corrected chi connectivity index (χ2v) is 9.85. The summed E-state index contributed by atoms with van der Waals surface area (Å²) in [7, 11) is 0. The SMILES string of the molecule is CC(S)CSCSCSCC(S)C(S)S. The van der Waals surface area contributed by atoms with E-state index in [-0.39, 0.29) is 9.83 Å². The molecule has 7 heteroatoms. The molecule has 0 amide bonds. The predicted molar refractivity (Wildman–Crippen MR) is 95.2 cm³/mol. The van der Waals surface area contributed by atoms with Crippen molar-refractivity contribution in [1.29, 1.82) is 0 Å². The van der Waals surface area contributed by atoms with Gasteiger partial charge in [0.1, 0.15) is 0 Å². The van der Waals surface area contributed by atoms with Gasteiger partial charge in [-0.1, -0.05) is 6.92 Å². The van der Waals surface area contributed by atoms with E-state index in [1.807, 2.05) is 35.3 Å². The lowest BCUT2D eigenvalue weighted by atomic mass is 10.5. The smallest absolute Gasteiger partial charge is 0.0566 e. The Hall–Kier alpha value is 2.45. The maximum Gasteiger partial charge on any atom is 0.0566 e. The molecule has 0 aliphatic heterocycles. The molecule has 92 valence electrons. The van der Waals surface area contributed by atoms with Gasteiger partial charge in [-0.15, -0.1) is 35.3 Å². The average molecular weight is 339 g/mol. The van der Waals surface area contributed by atoms with Gasteiger partial charge in [0, 0.05) is 32.2 Å². The normalized spacial score (nSPS) is 15.6. The van der Waals surface area contributed by atoms with Crippen LogP contribution in [0.25, 0.3) is 0 Å². The minimum absolute atomic E-state index is 0.0743. The van der Waals surface area contributed by atoms with Crippen LogP contribution < -0.4 is 0 Å². The number of rotatable bonds is 9. The molecule has 0 radical (unpaired) electrons. The molecule has 2 atom stereocenters. The summed E-state index contributed by atoms with van der Waals surface area (Å²) in [6.07, 6.45) is 0. The summed E-state index contributed by atoms with van der Waals surface area (Å²) >= 11 is 23.0. The van der Waals surface area contributed by atoms with Gasteiger partial charge < -0.3 is 0 Å². The van der Waals surface area contributed by atoms with E-state index in [4.69, 9.17) is 0 Å². The fourth-order valence-corrected chi connectivity index (χ4v) is 5.13. The summed E-state index contributed by atoms with van der Waals surface area (Å²) in [5, 5.41) is 3.05. The molecule has 0 nitrogen and oxygen atoms in total. The molecule has 0 rings (SSSR count). The third-order valence-electron chi connectivity index (χ3n) is 1.33. The number of thioether (sulfide) groups is 3. The van der Waals surface area contributed by atoms with Crippen LogP contribution in [0.1, 0.15) is 6.92 Å². The number of hydrogen-bond acceptors (Lipinski definition) is 7. The van der Waals surface area contributed by atoms with Crippen molar-refractivity contribution in [2.45, 2.75) is 22.0 Å². The minimum Gasteiger partial charge on any atom is -0.175 e. The van der Waals surface area contributed by atoms with Crippen LogP contribution in [0.3, 0.4) is 0 Å². The Balaban J connectivity index is 3.11. The fraction of sp³-hybridized carbons (Fsp3) is 1.00. The van der Waals surface area contributed by atoms with E-state index >= 15 is 0 Å². The van der Waals surface area contributed by atoms with E-state index in [1.54, 1.807) is 0 Å². The van der Waals surface area contributed by atoms with E-state index in [9.17, 15) is 0 Å². The molecule has 0 fully saturated rings. The van der Waals surface area contributed by atoms with Crippen molar-refractivity contribution >= 4 is 85.8 Å². The van der Waals surface area contributed by atoms with Crippen molar-refractivity contribution in [3.63, 3.8) is 0 Å². The summed E-state index contributed by atoms with van der Waals surface area (Å²) in [6.45, 7) is 2.13. The quantitative estimate of drug-likeness (QED) is 0.286. The van der Waals surface area contributed by atoms with Crippen LogP contribution in [0.2, 0.25) is 0 Å². The maximum atomic E-state index is 4.40. The van der Waals surface area contributed by atoms with E-state index in [1.165, 1.54) is 0 Å². The molecule has 0 aliphatic rings. The molecule has 2 unspecified atom stereocenters. The standard InChI is InChI=1S/C8H18S7/c1-6(9)2-13-4-15-5-14-3-7(10)8(11)12/h6-12H,2-5H2,1H3. The Labute approximate surface area is 128 Å². The summed E-state index contributed by atoms with van der Waals surface area (Å²) in [4.78, 5) is 0. The van der Waals surface area contributed by atoms with Gasteiger partial charge in [-0.05, 0) is 0 Å². The van der Waals surface area contributed by atoms with E-state index in [0.29, 0.717) is 5.25 Å². The van der Waals surface area contributed by atoms with Gasteiger partial charge in [-0.3, -0.25) is 0 Å². The fourth-order valence-electron chi connectivity index (χ4n) is 0.625. The zero-order chi connectivity index (χ0) is 11.7. The van der Waals surface area contributed by atoms with Crippen molar-refractivity contribution in [2.75, 3.05) is 21.7 Å². The Kier molecular flexibility index (Phi) is 13.4. The molecule has 0 aromatic rings. The van der Waals surface area contributed by atoms with Crippen molar-refractivity contribution in [2.24, 2.45) is 0 Å². The second kappa shape index (κ2) is 11.5. The summed E-state index contributed by atoms with van der Waals surface area (Å²) in [5.41, 5.74) is 0. The third kappa shape index (κ3) is 12.7. The van der Waals surface area contributed by atoms with Gasteiger partial charge in [0.2, 0.25) is 0 Å². The highest BCUT2D eigenvalue weighted by Gasteiger charge is 2.08. The molecular weight excluding hydrogens is 321 g/mol. The molecule has 0 saturated heterocycles. The van der Waals surface area contributed by atoms with E-state index in [0.717, 1.165) is 21.7 Å². The predicted octanol–water partition coefficient (Wildman–Crippen LogP) is 3.90. The van der Waals surface area contributed by atoms with Crippen LogP contribution in [0.15, 0.2) is 0 Å². The van der Waals surface area contributed by atoms with Gasteiger partial charge in [0.15, 0.2) is 0 Å². The first-order chi connectivity index (χ1) is 7.04. The van der Waals surface area contributed by atoms with Crippen LogP contribution in [0.5, 0.6) is 0 Å². The summed E-state index contributed by atoms with van der Waals surface area (Å²) < 4.78 is 0.0743. The largest absolute Gasteiger partial charge is 0.175 e. The number of hydrogen-bond donors (Lipinski definition) is 4. The lowest BCUT2D eigenvalue weighted by Gasteiger charge is -2.12. The molecule has 0 aromatic carbocycles. The molecule has 0 heterocycles. The zero-order valence-corrected chi connectivity index (χ0v) is 14.6. The van der Waals surface area contributed by atoms with Crippen LogP contribution in [-0.4, -0.2) is 36.8 Å². The maximum absolute atomic E-state index is 4.40. The van der Waals surface area contributed by atoms with Crippen LogP contribution >= 0.6 is 85.8 Å². The van der Waals surface area contributed by atoms with Crippen molar-refractivity contribution in [1.82, 2.24) is 0 Å². The highest BCUT2D eigenvalue weighted by molar-refractivity contribution is 8.22. The van der Waals surface area contributed by atoms with E-state index in [2.05, 4.69) is 57.4 Å². The molecule has 0 aliphatic carbocycles. The van der Waals surface area contributed by atoms with Crippen LogP contribution in [-0.2, 0) is 0 Å². The lowest BCUT2D eigenvalue weighted by molar-refractivity contribution is 1.12. The highest BCUT2D eigenvalue weighted by Crippen LogP contribution is 2.23. The van der Waals surface area contributed by atoms with Gasteiger partial charge in [-0.25, -0.2) is 0 Å². The Morgan fingerprint density at radius 3 is 1.87 bits per heavy atom. The molecule has 0 bridgehead atoms. The summed E-state index contributed by atoms with van der Waals surface area (Å²) in [5.74, 6) is 2.15. The first-order valence-corrected chi connectivity index (χ1v) is 10.0. The topological polar surface area (TPSA) is 0 Å². The first-order valence-electron chi connectivity index (χ1n) is 4.49. The molecular formula is C8H18S7. The molecule has 0 N–H and O–H groups in total. The lowest BCUT2D eigenvalue weighted by Crippen LogP contribution is -2.11. The molecule has 0 aromatic heterocycles. The van der Waals surface area contributed by atoms with Crippen molar-refractivity contribution in [3.8, 4) is 0 Å². The van der Waals surface area contributed by atoms with Gasteiger partial charge in [0.25, 0.3) is 0 Å². The third-order valence-corrected chi connectivity index (χ3v) is 7.67. The van der Waals surface area contributed by atoms with Gasteiger partial charge in [-0.2, -0.15) is 50.5 Å². The first kappa shape index (κ1) is 17.4. The Morgan fingerprint density at radius 2 is 1.40 bits per heavy atom. The average Bonchev–Trinajstić information content (AvgIpc) is 2.15. The Morgan fingerprint density at radius 1 is 0.867 bits per heavy atom. The van der Waals surface area contributed by atoms with Crippen LogP contribution in [0, 0.1) is 0 Å². The number of thiol groups is 4. The molecule has 0 spiro atoms. The second-order valence-electron chi connectivity index (χ2n) is 3.01. The van der Waals surface area contributed by atoms with Crippen molar-refractivity contribution in [3.05, 3.63) is 0 Å². The van der Waals surface area contributed by atoms with Gasteiger partial charge in [0.05, 0.1) is 4.58 Å². The Bertz CT molecular complexity index is 139. The monoisotopic (exact) mass is 338 g/mol. The highest BCUT2D eigenvalue weighted by atomic mass is 32.2. The molecule has 15 heavy (non-hydrogen) atoms.